The summed E-state index contributed by atoms with van der Waals surface area (Å²) in [5, 5.41) is 10.6. The van der Waals surface area contributed by atoms with Crippen molar-refractivity contribution < 1.29 is 33.6 Å². The highest BCUT2D eigenvalue weighted by atomic mass is 16.7. The minimum absolute atomic E-state index is 0.0485. The Kier molecular flexibility index (Phi) is 4.99. The van der Waals surface area contributed by atoms with Gasteiger partial charge in [0, 0.05) is 18.2 Å². The van der Waals surface area contributed by atoms with E-state index in [0.717, 1.165) is 0 Å². The number of anilines is 1. The summed E-state index contributed by atoms with van der Waals surface area (Å²) in [6.07, 6.45) is 0.144. The molecule has 2 heterocycles. The number of rotatable bonds is 6. The number of carbonyl (C=O) groups is 2. The molecule has 2 aliphatic rings. The van der Waals surface area contributed by atoms with Gasteiger partial charge in [-0.15, -0.1) is 0 Å². The van der Waals surface area contributed by atoms with Gasteiger partial charge in [0.05, 0.1) is 25.8 Å². The van der Waals surface area contributed by atoms with Crippen LogP contribution in [0.2, 0.25) is 0 Å². The van der Waals surface area contributed by atoms with Gasteiger partial charge >= 0.3 is 0 Å². The Morgan fingerprint density at radius 3 is 2.53 bits per heavy atom. The number of benzene rings is 2. The van der Waals surface area contributed by atoms with Crippen LogP contribution in [0.15, 0.2) is 47.7 Å². The van der Waals surface area contributed by atoms with Crippen LogP contribution in [0.25, 0.3) is 0 Å². The number of carbonyl (C=O) groups excluding carboxylic acids is 2. The Bertz CT molecular complexity index is 1060. The molecule has 0 saturated carbocycles. The zero-order valence-corrected chi connectivity index (χ0v) is 16.8. The standard InChI is InChI=1S/C22H21NO7/c1-4-14(24)19-20(12-5-7-15(27-2)17(9-12)28-3)23(22(26)21(19)25)13-6-8-16-18(10-13)30-11-29-16/h5-10,20,25H,4,11H2,1-3H3. The number of ether oxygens (including phenoxy) is 4. The van der Waals surface area contributed by atoms with E-state index in [-0.39, 0.29) is 24.6 Å². The van der Waals surface area contributed by atoms with E-state index in [1.54, 1.807) is 43.3 Å². The molecule has 1 amide bonds. The molecular weight excluding hydrogens is 390 g/mol. The number of ketones is 1. The van der Waals surface area contributed by atoms with E-state index in [1.165, 1.54) is 19.1 Å². The van der Waals surface area contributed by atoms with E-state index in [4.69, 9.17) is 18.9 Å². The van der Waals surface area contributed by atoms with Crippen molar-refractivity contribution in [2.75, 3.05) is 25.9 Å². The molecule has 1 atom stereocenters. The molecule has 30 heavy (non-hydrogen) atoms. The van der Waals surface area contributed by atoms with Crippen molar-refractivity contribution in [3.05, 3.63) is 53.3 Å². The van der Waals surface area contributed by atoms with Gasteiger partial charge in [0.1, 0.15) is 0 Å². The summed E-state index contributed by atoms with van der Waals surface area (Å²) in [7, 11) is 3.02. The van der Waals surface area contributed by atoms with Crippen molar-refractivity contribution in [1.82, 2.24) is 0 Å². The van der Waals surface area contributed by atoms with Crippen LogP contribution in [0.4, 0.5) is 5.69 Å². The number of hydrogen-bond donors (Lipinski definition) is 1. The van der Waals surface area contributed by atoms with Crippen LogP contribution < -0.4 is 23.8 Å². The average molecular weight is 411 g/mol. The summed E-state index contributed by atoms with van der Waals surface area (Å²) >= 11 is 0. The van der Waals surface area contributed by atoms with Crippen LogP contribution in [-0.2, 0) is 9.59 Å². The second-order valence-corrected chi connectivity index (χ2v) is 6.77. The summed E-state index contributed by atoms with van der Waals surface area (Å²) < 4.78 is 21.4. The van der Waals surface area contributed by atoms with E-state index in [2.05, 4.69) is 0 Å². The molecule has 2 aromatic rings. The zero-order valence-electron chi connectivity index (χ0n) is 16.8. The normalized spacial score (nSPS) is 17.5. The Hall–Kier alpha value is -3.68. The van der Waals surface area contributed by atoms with Gasteiger partial charge in [0.2, 0.25) is 6.79 Å². The Balaban J connectivity index is 1.87. The van der Waals surface area contributed by atoms with Gasteiger partial charge in [-0.3, -0.25) is 14.5 Å². The molecule has 0 spiro atoms. The lowest BCUT2D eigenvalue weighted by atomic mass is 9.94. The van der Waals surface area contributed by atoms with Gasteiger partial charge in [-0.2, -0.15) is 0 Å². The third-order valence-electron chi connectivity index (χ3n) is 5.19. The van der Waals surface area contributed by atoms with Gasteiger partial charge in [0.15, 0.2) is 34.5 Å². The molecule has 156 valence electrons. The molecule has 2 aromatic carbocycles. The average Bonchev–Trinajstić information content (AvgIpc) is 3.34. The molecule has 0 bridgehead atoms. The summed E-state index contributed by atoms with van der Waals surface area (Å²) in [5.74, 6) is 0.476. The van der Waals surface area contributed by atoms with Crippen molar-refractivity contribution in [1.29, 1.82) is 0 Å². The molecule has 0 aliphatic carbocycles. The van der Waals surface area contributed by atoms with Gasteiger partial charge in [0.25, 0.3) is 5.91 Å². The largest absolute Gasteiger partial charge is 0.503 e. The van der Waals surface area contributed by atoms with E-state index < -0.39 is 17.7 Å². The molecule has 8 heteroatoms. The maximum absolute atomic E-state index is 13.0. The van der Waals surface area contributed by atoms with E-state index in [9.17, 15) is 14.7 Å². The SMILES string of the molecule is CCC(=O)C1=C(O)C(=O)N(c2ccc3c(c2)OCO3)C1c1ccc(OC)c(OC)c1. The first-order valence-electron chi connectivity index (χ1n) is 9.41. The third-order valence-corrected chi connectivity index (χ3v) is 5.19. The van der Waals surface area contributed by atoms with Crippen molar-refractivity contribution in [2.45, 2.75) is 19.4 Å². The Morgan fingerprint density at radius 2 is 1.83 bits per heavy atom. The number of methoxy groups -OCH3 is 2. The lowest BCUT2D eigenvalue weighted by Gasteiger charge is -2.27. The second-order valence-electron chi connectivity index (χ2n) is 6.77. The minimum atomic E-state index is -0.829. The number of aliphatic hydroxyl groups is 1. The number of fused-ring (bicyclic) bond motifs is 1. The third kappa shape index (κ3) is 3.01. The highest BCUT2D eigenvalue weighted by Crippen LogP contribution is 2.45. The molecule has 8 nitrogen and oxygen atoms in total. The summed E-state index contributed by atoms with van der Waals surface area (Å²) in [4.78, 5) is 27.1. The number of Topliss-reactive ketones (excluding diaryl/α,β-unsaturated/α-hetero) is 1. The molecule has 1 unspecified atom stereocenters. The predicted molar refractivity (Wildman–Crippen MR) is 107 cm³/mol. The van der Waals surface area contributed by atoms with Crippen LogP contribution in [0.1, 0.15) is 24.9 Å². The first-order chi connectivity index (χ1) is 14.5. The molecule has 0 aromatic heterocycles. The summed E-state index contributed by atoms with van der Waals surface area (Å²) in [5.41, 5.74) is 1.11. The quantitative estimate of drug-likeness (QED) is 0.779. The monoisotopic (exact) mass is 411 g/mol. The van der Waals surface area contributed by atoms with Crippen molar-refractivity contribution in [3.8, 4) is 23.0 Å². The Morgan fingerprint density at radius 1 is 1.10 bits per heavy atom. The van der Waals surface area contributed by atoms with Gasteiger partial charge in [-0.05, 0) is 29.8 Å². The number of nitrogens with zero attached hydrogens (tertiary/aromatic N) is 1. The lowest BCUT2D eigenvalue weighted by molar-refractivity contribution is -0.118. The lowest BCUT2D eigenvalue weighted by Crippen LogP contribution is -2.31. The van der Waals surface area contributed by atoms with Crippen LogP contribution in [0, 0.1) is 0 Å². The van der Waals surface area contributed by atoms with Crippen molar-refractivity contribution in [2.24, 2.45) is 0 Å². The first kappa shape index (κ1) is 19.6. The first-order valence-corrected chi connectivity index (χ1v) is 9.41. The predicted octanol–water partition coefficient (Wildman–Crippen LogP) is 3.31. The maximum atomic E-state index is 13.0. The highest BCUT2D eigenvalue weighted by Gasteiger charge is 2.44. The highest BCUT2D eigenvalue weighted by molar-refractivity contribution is 6.16. The van der Waals surface area contributed by atoms with E-state index in [0.29, 0.717) is 34.2 Å². The summed E-state index contributed by atoms with van der Waals surface area (Å²) in [6.45, 7) is 1.77. The minimum Gasteiger partial charge on any atom is -0.503 e. The molecule has 4 rings (SSSR count). The van der Waals surface area contributed by atoms with E-state index in [1.807, 2.05) is 0 Å². The van der Waals surface area contributed by atoms with Crippen LogP contribution >= 0.6 is 0 Å². The maximum Gasteiger partial charge on any atom is 0.294 e. The molecule has 0 saturated heterocycles. The molecule has 1 N–H and O–H groups in total. The van der Waals surface area contributed by atoms with Crippen molar-refractivity contribution >= 4 is 17.4 Å². The van der Waals surface area contributed by atoms with Crippen LogP contribution in [-0.4, -0.2) is 37.8 Å². The number of amides is 1. The summed E-state index contributed by atoms with van der Waals surface area (Å²) in [6, 6.07) is 9.32. The molecule has 2 aliphatic heterocycles. The fraction of sp³-hybridized carbons (Fsp3) is 0.273. The smallest absolute Gasteiger partial charge is 0.294 e. The van der Waals surface area contributed by atoms with Gasteiger partial charge in [-0.1, -0.05) is 13.0 Å². The van der Waals surface area contributed by atoms with Crippen LogP contribution in [0.5, 0.6) is 23.0 Å². The fourth-order valence-corrected chi connectivity index (χ4v) is 3.72. The molecule has 0 fully saturated rings. The molecular formula is C22H21NO7. The van der Waals surface area contributed by atoms with E-state index >= 15 is 0 Å². The van der Waals surface area contributed by atoms with Crippen LogP contribution in [0.3, 0.4) is 0 Å². The zero-order chi connectivity index (χ0) is 21.4. The fourth-order valence-electron chi connectivity index (χ4n) is 3.72. The number of hydrogen-bond acceptors (Lipinski definition) is 7. The van der Waals surface area contributed by atoms with Crippen molar-refractivity contribution in [3.63, 3.8) is 0 Å². The Labute approximate surface area is 173 Å². The number of aliphatic hydroxyl groups excluding tert-OH is 1. The van der Waals surface area contributed by atoms with Gasteiger partial charge < -0.3 is 24.1 Å². The van der Waals surface area contributed by atoms with Gasteiger partial charge in [-0.25, -0.2) is 0 Å². The second kappa shape index (κ2) is 7.62. The topological polar surface area (TPSA) is 94.5 Å². The molecule has 0 radical (unpaired) electrons.